The molecule has 9 aromatic rings. The Bertz CT molecular complexity index is 4610. The van der Waals surface area contributed by atoms with Gasteiger partial charge in [-0.25, -0.2) is 58.9 Å². The molecule has 6 heterocycles. The minimum atomic E-state index is -2.55. The van der Waals surface area contributed by atoms with E-state index in [1.807, 2.05) is 0 Å². The summed E-state index contributed by atoms with van der Waals surface area (Å²) in [4.78, 5) is 56.9. The zero-order chi connectivity index (χ0) is 71.4. The highest BCUT2D eigenvalue weighted by molar-refractivity contribution is 9.16. The topological polar surface area (TPSA) is 196 Å². The van der Waals surface area contributed by atoms with Crippen LogP contribution in [-0.4, -0.2) is 65.1 Å². The van der Waals surface area contributed by atoms with Gasteiger partial charge in [0.2, 0.25) is 11.6 Å². The number of amides is 3. The lowest BCUT2D eigenvalue weighted by Gasteiger charge is -2.13. The first-order chi connectivity index (χ1) is 44.7. The van der Waals surface area contributed by atoms with Crippen molar-refractivity contribution in [1.82, 2.24) is 15.0 Å². The number of benzene rings is 6. The van der Waals surface area contributed by atoms with Crippen LogP contribution in [0, 0.1) is 58.2 Å². The molecule has 0 atom stereocenters. The number of rotatable bonds is 6. The highest BCUT2D eigenvalue weighted by Gasteiger charge is 2.44. The normalized spacial score (nSPS) is 13.1. The van der Waals surface area contributed by atoms with Crippen LogP contribution in [0.2, 0.25) is 50.2 Å². The van der Waals surface area contributed by atoms with Crippen LogP contribution in [0.15, 0.2) is 59.7 Å². The number of carbonyl (C=O) groups excluding carboxylic acids is 3. The van der Waals surface area contributed by atoms with Gasteiger partial charge < -0.3 is 30.3 Å². The third-order valence-electron chi connectivity index (χ3n) is 13.7. The molecule has 0 aliphatic carbocycles. The van der Waals surface area contributed by atoms with E-state index in [0.717, 1.165) is 26.8 Å². The van der Waals surface area contributed by atoms with E-state index >= 15 is 0 Å². The van der Waals surface area contributed by atoms with Crippen LogP contribution in [0.1, 0.15) is 64.5 Å². The molecule has 0 saturated carbocycles. The number of carbonyl (C=O) groups is 3. The van der Waals surface area contributed by atoms with E-state index in [1.165, 1.54) is 0 Å². The molecule has 0 fully saturated rings. The molecular formula is C54H6Br10Cl10F10N6O6. The monoisotopic (exact) mass is 2160 g/mol. The molecule has 12 rings (SSSR count). The average Bonchev–Trinajstić information content (AvgIpc) is 1.58. The van der Waals surface area contributed by atoms with Crippen molar-refractivity contribution in [2.24, 2.45) is 15.0 Å². The maximum Gasteiger partial charge on any atom is 0.280 e. The number of H-pyrrole nitrogens is 3. The van der Waals surface area contributed by atoms with Crippen LogP contribution in [0.25, 0.3) is 33.8 Å². The van der Waals surface area contributed by atoms with Crippen molar-refractivity contribution in [2.45, 2.75) is 0 Å². The Morgan fingerprint density at radius 3 is 0.760 bits per heavy atom. The Labute approximate surface area is 660 Å². The van der Waals surface area contributed by atoms with Gasteiger partial charge >= 0.3 is 0 Å². The standard InChI is InChI=1S/C18H2Br10N2O2.C18H2Cl10N2O2.C18H2F10N2O2/c3*19-5-3(6(20)10(24)13(27)9(5)23)15-1-2(18(32)29-15)16(30-17(1)31)4-7(21)11(25)14(28)12(26)8(4)22/h3*29,32H. The van der Waals surface area contributed by atoms with E-state index in [2.05, 4.69) is 184 Å². The maximum absolute atomic E-state index is 14.2. The zero-order valence-electron chi connectivity index (χ0n) is 43.7. The van der Waals surface area contributed by atoms with Gasteiger partial charge in [0.05, 0.1) is 129 Å². The molecule has 3 aliphatic rings. The van der Waals surface area contributed by atoms with Crippen LogP contribution in [0.4, 0.5) is 43.9 Å². The van der Waals surface area contributed by atoms with E-state index in [0.29, 0.717) is 46.0 Å². The first-order valence-electron chi connectivity index (χ1n) is 24.0. The zero-order valence-corrected chi connectivity index (χ0v) is 67.2. The number of hydrogen-bond donors (Lipinski definition) is 6. The van der Waals surface area contributed by atoms with Gasteiger partial charge in [0.15, 0.2) is 64.2 Å². The lowest BCUT2D eigenvalue weighted by molar-refractivity contribution is 0.0998. The lowest BCUT2D eigenvalue weighted by Crippen LogP contribution is -2.13. The van der Waals surface area contributed by atoms with E-state index < -0.39 is 121 Å². The first kappa shape index (κ1) is 76.2. The number of nitrogens with zero attached hydrogens (tertiary/aromatic N) is 3. The Morgan fingerprint density at radius 1 is 0.240 bits per heavy atom. The number of aliphatic imine (C=N–C) groups is 3. The summed E-state index contributed by atoms with van der Waals surface area (Å²) in [7, 11) is 0. The molecule has 0 radical (unpaired) electrons. The van der Waals surface area contributed by atoms with E-state index in [-0.39, 0.29) is 95.3 Å². The molecule has 42 heteroatoms. The summed E-state index contributed by atoms with van der Waals surface area (Å²) in [5.74, 6) is -29.5. The predicted octanol–water partition coefficient (Wildman–Crippen LogP) is 25.7. The van der Waals surface area contributed by atoms with Gasteiger partial charge in [-0.1, -0.05) is 116 Å². The second-order valence-corrected chi connectivity index (χ2v) is 30.5. The summed E-state index contributed by atoms with van der Waals surface area (Å²) in [5, 5.41) is 30.5. The van der Waals surface area contributed by atoms with Gasteiger partial charge in [0.1, 0.15) is 0 Å². The second kappa shape index (κ2) is 28.3. The van der Waals surface area contributed by atoms with Crippen LogP contribution < -0.4 is 0 Å². The van der Waals surface area contributed by atoms with Crippen molar-refractivity contribution in [3.05, 3.63) is 203 Å². The predicted molar refractivity (Wildman–Crippen MR) is 380 cm³/mol. The van der Waals surface area contributed by atoms with Crippen LogP contribution in [0.3, 0.4) is 0 Å². The summed E-state index contributed by atoms with van der Waals surface area (Å²) in [5.41, 5.74) is -5.92. The van der Waals surface area contributed by atoms with Crippen molar-refractivity contribution >= 4 is 310 Å². The summed E-state index contributed by atoms with van der Waals surface area (Å²) >= 11 is 97.5. The molecule has 6 aromatic carbocycles. The molecule has 12 nitrogen and oxygen atoms in total. The third-order valence-corrected chi connectivity index (χ3v) is 30.4. The Balaban J connectivity index is 0.000000157. The van der Waals surface area contributed by atoms with Gasteiger partial charge in [0, 0.05) is 67.0 Å². The SMILES string of the molecule is O=C1N=C(c2c(Br)c(Br)c(Br)c(Br)c2Br)c2c(O)[nH]c(-c3c(Br)c(Br)c(Br)c(Br)c3Br)c21.O=C1N=C(c2c(Cl)c(Cl)c(Cl)c(Cl)c2Cl)c2c(O)[nH]c(-c3c(Cl)c(Cl)c(Cl)c(Cl)c3Cl)c21.O=C1N=C(c2c(F)c(F)c(F)c(F)c2F)c2c(O)[nH]c(-c3c(F)c(F)c(F)c(F)c3F)c21. The number of aromatic amines is 3. The van der Waals surface area contributed by atoms with Gasteiger partial charge in [-0.3, -0.25) is 14.4 Å². The fourth-order valence-corrected chi connectivity index (χ4v) is 19.0. The summed E-state index contributed by atoms with van der Waals surface area (Å²) in [6.45, 7) is 0. The Hall–Kier alpha value is -2.42. The highest BCUT2D eigenvalue weighted by atomic mass is 79.9. The van der Waals surface area contributed by atoms with Gasteiger partial charge in [-0.15, -0.1) is 0 Å². The molecule has 3 aromatic heterocycles. The maximum atomic E-state index is 14.2. The van der Waals surface area contributed by atoms with E-state index in [1.54, 1.807) is 4.98 Å². The molecule has 96 heavy (non-hydrogen) atoms. The number of nitrogens with one attached hydrogen (secondary N) is 3. The van der Waals surface area contributed by atoms with Crippen molar-refractivity contribution in [2.75, 3.05) is 0 Å². The minimum Gasteiger partial charge on any atom is -0.494 e. The van der Waals surface area contributed by atoms with Gasteiger partial charge in [-0.2, -0.15) is 0 Å². The molecular weight excluding hydrogens is 2170 g/mol. The van der Waals surface area contributed by atoms with Crippen molar-refractivity contribution in [3.63, 3.8) is 0 Å². The molecule has 0 unspecified atom stereocenters. The second-order valence-electron chi connectivity index (χ2n) is 18.8. The molecule has 3 amide bonds. The van der Waals surface area contributed by atoms with Gasteiger partial charge in [0.25, 0.3) is 17.7 Å². The first-order valence-corrected chi connectivity index (χ1v) is 35.8. The molecule has 0 spiro atoms. The molecule has 6 N–H and O–H groups in total. The van der Waals surface area contributed by atoms with Gasteiger partial charge in [-0.05, 0) is 159 Å². The van der Waals surface area contributed by atoms with Crippen molar-refractivity contribution < 1.29 is 73.6 Å². The van der Waals surface area contributed by atoms with Crippen LogP contribution >= 0.6 is 275 Å². The lowest BCUT2D eigenvalue weighted by atomic mass is 9.98. The average molecular weight is 2180 g/mol. The number of fused-ring (bicyclic) bond motifs is 3. The molecule has 0 bridgehead atoms. The molecule has 0 saturated heterocycles. The Morgan fingerprint density at radius 2 is 0.448 bits per heavy atom. The molecule has 498 valence electrons. The summed E-state index contributed by atoms with van der Waals surface area (Å²) < 4.78 is 145. The minimum absolute atomic E-state index is 0.00452. The number of aromatic hydroxyl groups is 3. The summed E-state index contributed by atoms with van der Waals surface area (Å²) in [6.07, 6.45) is 0. The van der Waals surface area contributed by atoms with Crippen molar-refractivity contribution in [3.8, 4) is 51.4 Å². The quantitative estimate of drug-likeness (QED) is 0.0544. The number of halogens is 30. The largest absolute Gasteiger partial charge is 0.494 e. The smallest absolute Gasteiger partial charge is 0.280 e. The van der Waals surface area contributed by atoms with E-state index in [4.69, 9.17) is 116 Å². The summed E-state index contributed by atoms with van der Waals surface area (Å²) in [6, 6.07) is 0. The number of aromatic nitrogens is 3. The molecule has 3 aliphatic heterocycles. The van der Waals surface area contributed by atoms with Crippen LogP contribution in [0.5, 0.6) is 17.6 Å². The fourth-order valence-electron chi connectivity index (χ4n) is 9.45. The van der Waals surface area contributed by atoms with Crippen molar-refractivity contribution in [1.29, 1.82) is 0 Å². The highest BCUT2D eigenvalue weighted by Crippen LogP contribution is 2.56. The van der Waals surface area contributed by atoms with Crippen LogP contribution in [-0.2, 0) is 0 Å². The Kier molecular flexibility index (Phi) is 22.5. The third kappa shape index (κ3) is 12.1. The fraction of sp³-hybridized carbons (Fsp3) is 0. The number of hydrogen-bond acceptors (Lipinski definition) is 6. The van der Waals surface area contributed by atoms with E-state index in [9.17, 15) is 73.6 Å².